The first-order valence-corrected chi connectivity index (χ1v) is 17.4. The Morgan fingerprint density at radius 2 is 1.08 bits per heavy atom. The summed E-state index contributed by atoms with van der Waals surface area (Å²) in [6.45, 7) is 0. The number of fused-ring (bicyclic) bond motifs is 5. The van der Waals surface area contributed by atoms with E-state index in [0.29, 0.717) is 0 Å². The van der Waals surface area contributed by atoms with Gasteiger partial charge in [0, 0.05) is 21.9 Å². The van der Waals surface area contributed by atoms with E-state index in [-0.39, 0.29) is 12.3 Å². The van der Waals surface area contributed by atoms with Crippen molar-refractivity contribution in [3.05, 3.63) is 193 Å². The second-order valence-electron chi connectivity index (χ2n) is 13.3. The molecule has 2 atom stereocenters. The molecule has 2 heterocycles. The van der Waals surface area contributed by atoms with Crippen LogP contribution < -0.4 is 10.6 Å². The van der Waals surface area contributed by atoms with Crippen LogP contribution in [0.5, 0.6) is 0 Å². The molecule has 8 aromatic carbocycles. The summed E-state index contributed by atoms with van der Waals surface area (Å²) in [5, 5.41) is 14.7. The van der Waals surface area contributed by atoms with Gasteiger partial charge < -0.3 is 9.73 Å². The van der Waals surface area contributed by atoms with Crippen LogP contribution in [0.25, 0.3) is 65.7 Å². The number of rotatable bonds is 5. The molecular weight excluding hydrogens is 623 g/mol. The van der Waals surface area contributed by atoms with Crippen LogP contribution in [-0.2, 0) is 0 Å². The smallest absolute Gasteiger partial charge is 0.135 e. The highest BCUT2D eigenvalue weighted by Gasteiger charge is 2.28. The van der Waals surface area contributed by atoms with E-state index >= 15 is 0 Å². The molecule has 0 amide bonds. The van der Waals surface area contributed by atoms with Crippen LogP contribution in [0, 0.1) is 0 Å². The number of amidine groups is 1. The van der Waals surface area contributed by atoms with Crippen molar-refractivity contribution in [3.8, 4) is 22.3 Å². The van der Waals surface area contributed by atoms with E-state index in [2.05, 4.69) is 187 Å². The largest absolute Gasteiger partial charge is 0.456 e. The van der Waals surface area contributed by atoms with Crippen LogP contribution in [0.2, 0.25) is 0 Å². The highest BCUT2D eigenvalue weighted by Crippen LogP contribution is 2.38. The van der Waals surface area contributed by atoms with Gasteiger partial charge in [-0.25, -0.2) is 4.99 Å². The molecule has 0 spiro atoms. The molecule has 1 aromatic heterocycles. The first kappa shape index (κ1) is 29.4. The number of hydrogen-bond donors (Lipinski definition) is 2. The lowest BCUT2D eigenvalue weighted by Crippen LogP contribution is -2.45. The van der Waals surface area contributed by atoms with Gasteiger partial charge in [0.2, 0.25) is 0 Å². The van der Waals surface area contributed by atoms with Crippen molar-refractivity contribution >= 4 is 49.3 Å². The maximum Gasteiger partial charge on any atom is 0.135 e. The predicted molar refractivity (Wildman–Crippen MR) is 211 cm³/mol. The van der Waals surface area contributed by atoms with Crippen LogP contribution in [0.3, 0.4) is 0 Å². The Kier molecular flexibility index (Phi) is 7.00. The van der Waals surface area contributed by atoms with E-state index in [1.165, 1.54) is 38.2 Å². The first-order valence-electron chi connectivity index (χ1n) is 17.4. The molecule has 4 nitrogen and oxygen atoms in total. The zero-order valence-electron chi connectivity index (χ0n) is 27.8. The van der Waals surface area contributed by atoms with Gasteiger partial charge in [-0.1, -0.05) is 146 Å². The topological polar surface area (TPSA) is 49.6 Å². The minimum atomic E-state index is -0.274. The third kappa shape index (κ3) is 5.34. The summed E-state index contributed by atoms with van der Waals surface area (Å²) in [4.78, 5) is 5.30. The summed E-state index contributed by atoms with van der Waals surface area (Å²) in [7, 11) is 0. The van der Waals surface area contributed by atoms with Crippen molar-refractivity contribution in [2.24, 2.45) is 4.99 Å². The number of benzene rings is 8. The second kappa shape index (κ2) is 12.1. The Bertz CT molecular complexity index is 2760. The lowest BCUT2D eigenvalue weighted by molar-refractivity contribution is 0.411. The van der Waals surface area contributed by atoms with E-state index < -0.39 is 0 Å². The minimum absolute atomic E-state index is 0.237. The first-order chi connectivity index (χ1) is 25.2. The van der Waals surface area contributed by atoms with Gasteiger partial charge in [-0.15, -0.1) is 0 Å². The van der Waals surface area contributed by atoms with Gasteiger partial charge >= 0.3 is 0 Å². The van der Waals surface area contributed by atoms with Gasteiger partial charge in [0.1, 0.15) is 29.3 Å². The van der Waals surface area contributed by atoms with Gasteiger partial charge in [-0.05, 0) is 79.7 Å². The van der Waals surface area contributed by atoms with Crippen LogP contribution in [-0.4, -0.2) is 5.84 Å². The van der Waals surface area contributed by atoms with Gasteiger partial charge in [0.25, 0.3) is 0 Å². The Labute approximate surface area is 295 Å². The zero-order valence-corrected chi connectivity index (χ0v) is 27.8. The van der Waals surface area contributed by atoms with Crippen molar-refractivity contribution in [1.29, 1.82) is 0 Å². The summed E-state index contributed by atoms with van der Waals surface area (Å²) < 4.78 is 6.44. The number of nitrogens with one attached hydrogen (secondary N) is 2. The fourth-order valence-corrected chi connectivity index (χ4v) is 7.51. The monoisotopic (exact) mass is 655 g/mol. The molecule has 2 N–H and O–H groups in total. The fourth-order valence-electron chi connectivity index (χ4n) is 7.51. The van der Waals surface area contributed by atoms with Crippen molar-refractivity contribution in [1.82, 2.24) is 10.6 Å². The van der Waals surface area contributed by atoms with E-state index in [1.54, 1.807) is 0 Å². The maximum absolute atomic E-state index is 6.44. The van der Waals surface area contributed by atoms with Gasteiger partial charge in [0.05, 0.1) is 0 Å². The molecule has 4 heteroatoms. The van der Waals surface area contributed by atoms with Gasteiger partial charge in [0.15, 0.2) is 0 Å². The summed E-state index contributed by atoms with van der Waals surface area (Å²) in [5.41, 5.74) is 9.70. The Morgan fingerprint density at radius 3 is 1.88 bits per heavy atom. The molecule has 0 radical (unpaired) electrons. The normalized spacial score (nSPS) is 16.0. The van der Waals surface area contributed by atoms with Crippen molar-refractivity contribution in [2.75, 3.05) is 0 Å². The highest BCUT2D eigenvalue weighted by molar-refractivity contribution is 6.09. The van der Waals surface area contributed by atoms with Crippen molar-refractivity contribution < 1.29 is 4.42 Å². The number of nitrogens with zero attached hydrogens (tertiary/aromatic N) is 1. The lowest BCUT2D eigenvalue weighted by atomic mass is 9.98. The number of hydrogen-bond acceptors (Lipinski definition) is 4. The van der Waals surface area contributed by atoms with Crippen molar-refractivity contribution in [3.63, 3.8) is 0 Å². The SMILES string of the molecule is c1ccc(-c2ccc3oc4cccc(C5NC(c6ccc(-c7ccc8ccccc8c7)cc6)=NC(c6ccc7ccccc7c6)N5)c4c3c2)cc1. The third-order valence-corrected chi connectivity index (χ3v) is 10.1. The Balaban J connectivity index is 1.08. The van der Waals surface area contributed by atoms with E-state index in [1.807, 2.05) is 0 Å². The molecule has 242 valence electrons. The Morgan fingerprint density at radius 1 is 0.451 bits per heavy atom. The van der Waals surface area contributed by atoms with Crippen LogP contribution in [0.15, 0.2) is 185 Å². The highest BCUT2D eigenvalue weighted by atomic mass is 16.3. The molecule has 9 aromatic rings. The fraction of sp³-hybridized carbons (Fsp3) is 0.0426. The molecule has 10 rings (SSSR count). The third-order valence-electron chi connectivity index (χ3n) is 10.1. The van der Waals surface area contributed by atoms with Crippen molar-refractivity contribution in [2.45, 2.75) is 12.3 Å². The van der Waals surface area contributed by atoms with E-state index in [4.69, 9.17) is 9.41 Å². The molecule has 1 aliphatic rings. The average Bonchev–Trinajstić information content (AvgIpc) is 3.59. The standard InChI is InChI=1S/C47H33N3O/c1-2-9-30(10-3-1)38-25-26-42-41(29-38)44-40(15-8-16-43(44)51-42)47-49-45(48-46(50-47)39-24-20-32-12-5-7-14-36(32)28-39)34-21-17-33(18-22-34)37-23-19-31-11-4-6-13-35(31)27-37/h1-29,46-47,50H,(H,48,49). The molecule has 2 unspecified atom stereocenters. The molecule has 1 aliphatic heterocycles. The molecular formula is C47H33N3O. The molecule has 0 saturated heterocycles. The summed E-state index contributed by atoms with van der Waals surface area (Å²) in [6.07, 6.45) is -0.511. The Hall–Kier alpha value is -6.49. The predicted octanol–water partition coefficient (Wildman–Crippen LogP) is 11.6. The van der Waals surface area contributed by atoms with E-state index in [0.717, 1.165) is 50.0 Å². The summed E-state index contributed by atoms with van der Waals surface area (Å²) in [5.74, 6) is 0.844. The van der Waals surface area contributed by atoms with Crippen LogP contribution in [0.4, 0.5) is 0 Å². The summed E-state index contributed by atoms with van der Waals surface area (Å²) in [6, 6.07) is 62.3. The molecule has 0 bridgehead atoms. The zero-order chi connectivity index (χ0) is 33.7. The summed E-state index contributed by atoms with van der Waals surface area (Å²) >= 11 is 0. The van der Waals surface area contributed by atoms with Gasteiger partial charge in [-0.2, -0.15) is 0 Å². The van der Waals surface area contributed by atoms with Crippen LogP contribution >= 0.6 is 0 Å². The maximum atomic E-state index is 6.44. The molecule has 51 heavy (non-hydrogen) atoms. The lowest BCUT2D eigenvalue weighted by Gasteiger charge is -2.32. The van der Waals surface area contributed by atoms with Crippen LogP contribution in [0.1, 0.15) is 29.0 Å². The van der Waals surface area contributed by atoms with E-state index in [9.17, 15) is 0 Å². The van der Waals surface area contributed by atoms with Gasteiger partial charge in [-0.3, -0.25) is 5.32 Å². The molecule has 0 aliphatic carbocycles. The second-order valence-corrected chi connectivity index (χ2v) is 13.3. The molecule has 0 fully saturated rings. The number of aliphatic imine (C=N–C) groups is 1. The number of furan rings is 1. The quantitative estimate of drug-likeness (QED) is 0.194. The average molecular weight is 656 g/mol. The molecule has 0 saturated carbocycles. The minimum Gasteiger partial charge on any atom is -0.456 e.